The van der Waals surface area contributed by atoms with Gasteiger partial charge in [0.1, 0.15) is 0 Å². The molecule has 0 fully saturated rings. The van der Waals surface area contributed by atoms with E-state index in [2.05, 4.69) is 10.3 Å². The summed E-state index contributed by atoms with van der Waals surface area (Å²) in [6.45, 7) is 7.21. The largest absolute Gasteiger partial charge is 0.347 e. The van der Waals surface area contributed by atoms with Crippen LogP contribution in [0.5, 0.6) is 0 Å². The first-order valence-corrected chi connectivity index (χ1v) is 8.29. The molecule has 21 heavy (non-hydrogen) atoms. The highest BCUT2D eigenvalue weighted by molar-refractivity contribution is 8.00. The number of aromatic nitrogens is 1. The zero-order valence-corrected chi connectivity index (χ0v) is 13.7. The Kier molecular flexibility index (Phi) is 7.82. The van der Waals surface area contributed by atoms with E-state index in [4.69, 9.17) is 0 Å². The number of hydrogen-bond donors (Lipinski definition) is 1. The molecule has 0 aliphatic carbocycles. The van der Waals surface area contributed by atoms with Crippen molar-refractivity contribution in [2.75, 3.05) is 24.6 Å². The van der Waals surface area contributed by atoms with Crippen molar-refractivity contribution in [3.8, 4) is 0 Å². The number of thioether (sulfide) groups is 1. The lowest BCUT2D eigenvalue weighted by Crippen LogP contribution is -2.33. The van der Waals surface area contributed by atoms with Gasteiger partial charge >= 0.3 is 0 Å². The third kappa shape index (κ3) is 6.16. The van der Waals surface area contributed by atoms with Crippen molar-refractivity contribution in [3.05, 3.63) is 30.1 Å². The van der Waals surface area contributed by atoms with Crippen molar-refractivity contribution in [1.82, 2.24) is 15.2 Å². The number of carbonyl (C=O) groups excluding carboxylic acids is 2. The van der Waals surface area contributed by atoms with Gasteiger partial charge in [-0.3, -0.25) is 14.6 Å². The summed E-state index contributed by atoms with van der Waals surface area (Å²) in [6, 6.07) is 5.48. The first-order valence-electron chi connectivity index (χ1n) is 7.14. The highest BCUT2D eigenvalue weighted by Crippen LogP contribution is 2.09. The van der Waals surface area contributed by atoms with Crippen molar-refractivity contribution in [2.24, 2.45) is 0 Å². The van der Waals surface area contributed by atoms with Gasteiger partial charge in [-0.05, 0) is 32.9 Å². The van der Waals surface area contributed by atoms with E-state index >= 15 is 0 Å². The van der Waals surface area contributed by atoms with Crippen LogP contribution in [0, 0.1) is 0 Å². The lowest BCUT2D eigenvalue weighted by atomic mass is 10.2. The molecule has 0 aliphatic heterocycles. The number of rotatable bonds is 8. The normalized spacial score (nSPS) is 11.8. The van der Waals surface area contributed by atoms with Gasteiger partial charge in [-0.2, -0.15) is 0 Å². The van der Waals surface area contributed by atoms with E-state index in [1.54, 1.807) is 11.1 Å². The lowest BCUT2D eigenvalue weighted by molar-refractivity contribution is -0.127. The second-order valence-corrected chi connectivity index (χ2v) is 5.59. The molecule has 2 amide bonds. The minimum absolute atomic E-state index is 0.0782. The Morgan fingerprint density at radius 1 is 1.29 bits per heavy atom. The summed E-state index contributed by atoms with van der Waals surface area (Å²) >= 11 is 1.34. The second kappa shape index (κ2) is 9.39. The molecule has 1 aromatic rings. The number of amides is 2. The molecule has 116 valence electrons. The number of carbonyl (C=O) groups is 2. The van der Waals surface area contributed by atoms with Crippen LogP contribution in [-0.4, -0.2) is 46.3 Å². The first kappa shape index (κ1) is 17.5. The Hall–Kier alpha value is -1.56. The molecule has 0 bridgehead atoms. The first-order chi connectivity index (χ1) is 10.1. The molecular weight excluding hydrogens is 286 g/mol. The molecule has 0 saturated carbocycles. The Labute approximate surface area is 130 Å². The second-order valence-electron chi connectivity index (χ2n) is 4.60. The summed E-state index contributed by atoms with van der Waals surface area (Å²) < 4.78 is 0. The van der Waals surface area contributed by atoms with Gasteiger partial charge in [0.05, 0.1) is 23.2 Å². The van der Waals surface area contributed by atoms with Crippen molar-refractivity contribution in [2.45, 2.75) is 26.8 Å². The van der Waals surface area contributed by atoms with E-state index in [1.807, 2.05) is 39.0 Å². The molecule has 0 spiro atoms. The SMILES string of the molecule is CCN(CC)C(=O)CSCC(=O)N[C@@H](C)c1ccccn1. The Morgan fingerprint density at radius 3 is 2.57 bits per heavy atom. The van der Waals surface area contributed by atoms with Crippen LogP contribution in [0.4, 0.5) is 0 Å². The van der Waals surface area contributed by atoms with Gasteiger partial charge < -0.3 is 10.2 Å². The van der Waals surface area contributed by atoms with E-state index < -0.39 is 0 Å². The summed E-state index contributed by atoms with van der Waals surface area (Å²) in [5.74, 6) is 0.623. The van der Waals surface area contributed by atoms with Gasteiger partial charge in [0.15, 0.2) is 0 Å². The highest BCUT2D eigenvalue weighted by Gasteiger charge is 2.13. The zero-order valence-electron chi connectivity index (χ0n) is 12.8. The summed E-state index contributed by atoms with van der Waals surface area (Å²) in [7, 11) is 0. The average Bonchev–Trinajstić information content (AvgIpc) is 2.49. The summed E-state index contributed by atoms with van der Waals surface area (Å²) in [5.41, 5.74) is 0.829. The van der Waals surface area contributed by atoms with E-state index in [0.717, 1.165) is 5.69 Å². The minimum atomic E-state index is -0.127. The smallest absolute Gasteiger partial charge is 0.232 e. The molecule has 6 heteroatoms. The number of nitrogens with zero attached hydrogens (tertiary/aromatic N) is 2. The van der Waals surface area contributed by atoms with E-state index in [1.165, 1.54) is 11.8 Å². The number of nitrogens with one attached hydrogen (secondary N) is 1. The molecule has 0 saturated heterocycles. The van der Waals surface area contributed by atoms with Crippen LogP contribution in [0.25, 0.3) is 0 Å². The van der Waals surface area contributed by atoms with Crippen molar-refractivity contribution in [3.63, 3.8) is 0 Å². The van der Waals surface area contributed by atoms with Crippen LogP contribution in [0.15, 0.2) is 24.4 Å². The third-order valence-electron chi connectivity index (χ3n) is 3.08. The standard InChI is InChI=1S/C15H23N3O2S/c1-4-18(5-2)15(20)11-21-10-14(19)17-12(3)13-8-6-7-9-16-13/h6-9,12H,4-5,10-11H2,1-3H3,(H,17,19)/t12-/m0/s1. The molecule has 1 rings (SSSR count). The van der Waals surface area contributed by atoms with Crippen LogP contribution < -0.4 is 5.32 Å². The van der Waals surface area contributed by atoms with Crippen LogP contribution in [0.2, 0.25) is 0 Å². The fourth-order valence-corrected chi connectivity index (χ4v) is 2.62. The van der Waals surface area contributed by atoms with Gasteiger partial charge in [0, 0.05) is 19.3 Å². The molecule has 1 N–H and O–H groups in total. The van der Waals surface area contributed by atoms with Crippen LogP contribution >= 0.6 is 11.8 Å². The van der Waals surface area contributed by atoms with Crippen molar-refractivity contribution >= 4 is 23.6 Å². The number of pyridine rings is 1. The van der Waals surface area contributed by atoms with E-state index in [-0.39, 0.29) is 23.6 Å². The lowest BCUT2D eigenvalue weighted by Gasteiger charge is -2.18. The molecule has 1 heterocycles. The molecule has 5 nitrogen and oxygen atoms in total. The van der Waals surface area contributed by atoms with E-state index in [0.29, 0.717) is 18.8 Å². The van der Waals surface area contributed by atoms with Gasteiger partial charge in [-0.15, -0.1) is 11.8 Å². The summed E-state index contributed by atoms with van der Waals surface area (Å²) in [6.07, 6.45) is 1.70. The topological polar surface area (TPSA) is 62.3 Å². The average molecular weight is 309 g/mol. The summed E-state index contributed by atoms with van der Waals surface area (Å²) in [5, 5.41) is 2.88. The maximum Gasteiger partial charge on any atom is 0.232 e. The van der Waals surface area contributed by atoms with Crippen LogP contribution in [-0.2, 0) is 9.59 Å². The quantitative estimate of drug-likeness (QED) is 0.796. The van der Waals surface area contributed by atoms with Crippen LogP contribution in [0.3, 0.4) is 0 Å². The molecule has 0 aliphatic rings. The Morgan fingerprint density at radius 2 is 2.00 bits per heavy atom. The molecular formula is C15H23N3O2S. The molecule has 0 radical (unpaired) electrons. The Bertz CT molecular complexity index is 449. The van der Waals surface area contributed by atoms with E-state index in [9.17, 15) is 9.59 Å². The molecule has 0 aromatic carbocycles. The van der Waals surface area contributed by atoms with Crippen molar-refractivity contribution < 1.29 is 9.59 Å². The van der Waals surface area contributed by atoms with Gasteiger partial charge in [0.2, 0.25) is 11.8 Å². The molecule has 1 aromatic heterocycles. The maximum atomic E-state index is 11.8. The minimum Gasteiger partial charge on any atom is -0.347 e. The maximum absolute atomic E-state index is 11.8. The predicted octanol–water partition coefficient (Wildman–Crippen LogP) is 1.86. The zero-order chi connectivity index (χ0) is 15.7. The number of hydrogen-bond acceptors (Lipinski definition) is 4. The molecule has 0 unspecified atom stereocenters. The van der Waals surface area contributed by atoms with Gasteiger partial charge in [0.25, 0.3) is 0 Å². The van der Waals surface area contributed by atoms with Crippen molar-refractivity contribution in [1.29, 1.82) is 0 Å². The fourth-order valence-electron chi connectivity index (χ4n) is 1.89. The third-order valence-corrected chi connectivity index (χ3v) is 4.00. The predicted molar refractivity (Wildman–Crippen MR) is 86.0 cm³/mol. The molecule has 1 atom stereocenters. The van der Waals surface area contributed by atoms with Gasteiger partial charge in [-0.1, -0.05) is 6.07 Å². The van der Waals surface area contributed by atoms with Crippen LogP contribution in [0.1, 0.15) is 32.5 Å². The summed E-state index contributed by atoms with van der Waals surface area (Å²) in [4.78, 5) is 29.6. The fraction of sp³-hybridized carbons (Fsp3) is 0.533. The Balaban J connectivity index is 2.30. The highest BCUT2D eigenvalue weighted by atomic mass is 32.2. The monoisotopic (exact) mass is 309 g/mol. The van der Waals surface area contributed by atoms with Gasteiger partial charge in [-0.25, -0.2) is 0 Å².